The van der Waals surface area contributed by atoms with E-state index in [4.69, 9.17) is 11.6 Å². The molecule has 2 rings (SSSR count). The van der Waals surface area contributed by atoms with Crippen molar-refractivity contribution >= 4 is 38.9 Å². The van der Waals surface area contributed by atoms with Gasteiger partial charge in [-0.2, -0.15) is 0 Å². The lowest BCUT2D eigenvalue weighted by Crippen LogP contribution is -2.03. The zero-order valence-electron chi connectivity index (χ0n) is 6.88. The first kappa shape index (κ1) is 9.96. The first-order valence-electron chi connectivity index (χ1n) is 3.79. The topological polar surface area (TPSA) is 32.9 Å². The monoisotopic (exact) mass is 289 g/mol. The minimum absolute atomic E-state index is 0.183. The Kier molecular flexibility index (Phi) is 2.76. The molecule has 2 aromatic heterocycles. The number of pyridine rings is 1. The van der Waals surface area contributed by atoms with Gasteiger partial charge in [-0.25, -0.2) is 0 Å². The molecule has 0 saturated carbocycles. The number of aromatic amines is 1. The molecule has 2 nitrogen and oxygen atoms in total. The minimum atomic E-state index is -0.183. The Labute approximate surface area is 97.7 Å². The Morgan fingerprint density at radius 2 is 2.14 bits per heavy atom. The molecular formula is C9H5BrClNOS. The molecule has 0 aromatic carbocycles. The van der Waals surface area contributed by atoms with Gasteiger partial charge in [0.2, 0.25) is 5.56 Å². The van der Waals surface area contributed by atoms with Crippen LogP contribution in [-0.4, -0.2) is 4.98 Å². The van der Waals surface area contributed by atoms with Gasteiger partial charge in [-0.15, -0.1) is 11.3 Å². The van der Waals surface area contributed by atoms with E-state index in [0.29, 0.717) is 5.15 Å². The highest BCUT2D eigenvalue weighted by Crippen LogP contribution is 2.29. The number of rotatable bonds is 1. The Morgan fingerprint density at radius 1 is 1.36 bits per heavy atom. The smallest absolute Gasteiger partial charge is 0.249 e. The van der Waals surface area contributed by atoms with Gasteiger partial charge in [0.1, 0.15) is 5.15 Å². The van der Waals surface area contributed by atoms with Crippen molar-refractivity contribution in [2.24, 2.45) is 0 Å². The molecule has 0 aliphatic rings. The number of H-pyrrole nitrogens is 1. The molecule has 72 valence electrons. The molecule has 0 bridgehead atoms. The fourth-order valence-corrected chi connectivity index (χ4v) is 2.74. The summed E-state index contributed by atoms with van der Waals surface area (Å²) in [6.45, 7) is 0. The van der Waals surface area contributed by atoms with Gasteiger partial charge >= 0.3 is 0 Å². The molecule has 5 heteroatoms. The van der Waals surface area contributed by atoms with Crippen molar-refractivity contribution in [2.45, 2.75) is 0 Å². The predicted molar refractivity (Wildman–Crippen MR) is 63.1 cm³/mol. The van der Waals surface area contributed by atoms with Crippen LogP contribution < -0.4 is 5.56 Å². The van der Waals surface area contributed by atoms with Crippen molar-refractivity contribution in [3.8, 4) is 10.4 Å². The molecule has 0 atom stereocenters. The van der Waals surface area contributed by atoms with E-state index in [9.17, 15) is 4.79 Å². The summed E-state index contributed by atoms with van der Waals surface area (Å²) in [7, 11) is 0. The average Bonchev–Trinajstić information content (AvgIpc) is 2.50. The van der Waals surface area contributed by atoms with Crippen molar-refractivity contribution in [3.05, 3.63) is 43.6 Å². The van der Waals surface area contributed by atoms with Crippen LogP contribution in [0, 0.1) is 0 Å². The molecular weight excluding hydrogens is 286 g/mol. The largest absolute Gasteiger partial charge is 0.313 e. The second-order valence-electron chi connectivity index (χ2n) is 2.71. The molecule has 0 fully saturated rings. The summed E-state index contributed by atoms with van der Waals surface area (Å²) in [5, 5.41) is 2.32. The number of halogens is 2. The molecule has 2 heterocycles. The Bertz CT molecular complexity index is 520. The Balaban J connectivity index is 2.56. The van der Waals surface area contributed by atoms with Crippen molar-refractivity contribution in [1.82, 2.24) is 4.98 Å². The number of hydrogen-bond donors (Lipinski definition) is 1. The second kappa shape index (κ2) is 3.88. The van der Waals surface area contributed by atoms with Gasteiger partial charge in [-0.1, -0.05) is 11.6 Å². The molecule has 2 aromatic rings. The van der Waals surface area contributed by atoms with E-state index in [-0.39, 0.29) is 5.56 Å². The third-order valence-corrected chi connectivity index (χ3v) is 3.61. The van der Waals surface area contributed by atoms with Crippen LogP contribution in [0.4, 0.5) is 0 Å². The van der Waals surface area contributed by atoms with Crippen LogP contribution in [0.2, 0.25) is 5.15 Å². The lowest BCUT2D eigenvalue weighted by Gasteiger charge is -1.96. The fraction of sp³-hybridized carbons (Fsp3) is 0. The highest BCUT2D eigenvalue weighted by Gasteiger charge is 2.03. The number of hydrogen-bond acceptors (Lipinski definition) is 2. The van der Waals surface area contributed by atoms with Gasteiger partial charge in [-0.3, -0.25) is 4.79 Å². The van der Waals surface area contributed by atoms with E-state index in [1.165, 1.54) is 6.07 Å². The van der Waals surface area contributed by atoms with E-state index >= 15 is 0 Å². The molecule has 0 unspecified atom stereocenters. The third kappa shape index (κ3) is 2.08. The van der Waals surface area contributed by atoms with Gasteiger partial charge in [0.15, 0.2) is 0 Å². The number of aromatic nitrogens is 1. The fourth-order valence-electron chi connectivity index (χ4n) is 1.12. The maximum atomic E-state index is 11.1. The highest BCUT2D eigenvalue weighted by atomic mass is 79.9. The van der Waals surface area contributed by atoms with Crippen LogP contribution >= 0.6 is 38.9 Å². The first-order valence-corrected chi connectivity index (χ1v) is 5.84. The molecule has 1 N–H and O–H groups in total. The first-order chi connectivity index (χ1) is 6.65. The highest BCUT2D eigenvalue weighted by molar-refractivity contribution is 9.10. The van der Waals surface area contributed by atoms with Crippen molar-refractivity contribution in [2.75, 3.05) is 0 Å². The van der Waals surface area contributed by atoms with Gasteiger partial charge in [-0.05, 0) is 28.1 Å². The molecule has 0 radical (unpaired) electrons. The minimum Gasteiger partial charge on any atom is -0.313 e. The van der Waals surface area contributed by atoms with Gasteiger partial charge in [0, 0.05) is 26.4 Å². The summed E-state index contributed by atoms with van der Waals surface area (Å²) in [6, 6.07) is 5.22. The average molecular weight is 291 g/mol. The summed E-state index contributed by atoms with van der Waals surface area (Å²) in [4.78, 5) is 14.7. The second-order valence-corrected chi connectivity index (χ2v) is 4.94. The van der Waals surface area contributed by atoms with E-state index in [1.807, 2.05) is 11.4 Å². The lowest BCUT2D eigenvalue weighted by atomic mass is 10.2. The molecule has 0 amide bonds. The van der Waals surface area contributed by atoms with Crippen molar-refractivity contribution < 1.29 is 0 Å². The molecule has 0 saturated heterocycles. The van der Waals surface area contributed by atoms with Crippen LogP contribution in [0.15, 0.2) is 32.8 Å². The normalized spacial score (nSPS) is 10.4. The Hall–Kier alpha value is -0.580. The SMILES string of the molecule is O=c1cc(-c2cc(Br)cs2)cc(Cl)[nH]1. The maximum Gasteiger partial charge on any atom is 0.249 e. The van der Waals surface area contributed by atoms with Crippen LogP contribution in [0.25, 0.3) is 10.4 Å². The van der Waals surface area contributed by atoms with Crippen LogP contribution in [0.5, 0.6) is 0 Å². The molecule has 14 heavy (non-hydrogen) atoms. The van der Waals surface area contributed by atoms with Gasteiger partial charge in [0.25, 0.3) is 0 Å². The number of nitrogens with one attached hydrogen (secondary N) is 1. The number of thiophene rings is 1. The predicted octanol–water partition coefficient (Wildman–Crippen LogP) is 3.52. The standard InChI is InChI=1S/C9H5BrClNOS/c10-6-3-7(14-4-6)5-1-8(11)12-9(13)2-5/h1-4H,(H,12,13). The molecule has 0 aliphatic carbocycles. The maximum absolute atomic E-state index is 11.1. The van der Waals surface area contributed by atoms with Crippen LogP contribution in [-0.2, 0) is 0 Å². The van der Waals surface area contributed by atoms with Gasteiger partial charge in [0.05, 0.1) is 0 Å². The van der Waals surface area contributed by atoms with E-state index in [1.54, 1.807) is 17.4 Å². The lowest BCUT2D eigenvalue weighted by molar-refractivity contribution is 1.24. The summed E-state index contributed by atoms with van der Waals surface area (Å²) < 4.78 is 1.01. The summed E-state index contributed by atoms with van der Waals surface area (Å²) >= 11 is 10.7. The third-order valence-electron chi connectivity index (χ3n) is 1.66. The van der Waals surface area contributed by atoms with Crippen molar-refractivity contribution in [1.29, 1.82) is 0 Å². The summed E-state index contributed by atoms with van der Waals surface area (Å²) in [5.74, 6) is 0. The Morgan fingerprint density at radius 3 is 2.71 bits per heavy atom. The van der Waals surface area contributed by atoms with E-state index in [0.717, 1.165) is 14.9 Å². The quantitative estimate of drug-likeness (QED) is 0.801. The van der Waals surface area contributed by atoms with Gasteiger partial charge < -0.3 is 4.98 Å². The van der Waals surface area contributed by atoms with Crippen molar-refractivity contribution in [3.63, 3.8) is 0 Å². The van der Waals surface area contributed by atoms with Crippen LogP contribution in [0.3, 0.4) is 0 Å². The van der Waals surface area contributed by atoms with E-state index in [2.05, 4.69) is 20.9 Å². The van der Waals surface area contributed by atoms with Crippen LogP contribution in [0.1, 0.15) is 0 Å². The molecule has 0 aliphatic heterocycles. The molecule has 0 spiro atoms. The summed E-state index contributed by atoms with van der Waals surface area (Å²) in [5.41, 5.74) is 0.659. The van der Waals surface area contributed by atoms with E-state index < -0.39 is 0 Å². The zero-order valence-corrected chi connectivity index (χ0v) is 10.0. The summed E-state index contributed by atoms with van der Waals surface area (Å²) in [6.07, 6.45) is 0. The zero-order chi connectivity index (χ0) is 10.1.